The van der Waals surface area contributed by atoms with Crippen LogP contribution in [0.4, 0.5) is 14.6 Å². The van der Waals surface area contributed by atoms with Gasteiger partial charge in [0.15, 0.2) is 5.82 Å². The molecule has 9 nitrogen and oxygen atoms in total. The molecule has 2 aromatic heterocycles. The summed E-state index contributed by atoms with van der Waals surface area (Å²) in [4.78, 5) is 32.6. The van der Waals surface area contributed by atoms with Crippen LogP contribution in [0.2, 0.25) is 0 Å². The van der Waals surface area contributed by atoms with Crippen LogP contribution in [0, 0.1) is 24.0 Å². The number of likely N-dealkylation sites (N-methyl/N-ethyl adjacent to an activating group) is 1. The van der Waals surface area contributed by atoms with Gasteiger partial charge in [0, 0.05) is 48.4 Å². The highest BCUT2D eigenvalue weighted by Crippen LogP contribution is 2.40. The Balaban J connectivity index is 1.36. The van der Waals surface area contributed by atoms with E-state index in [0.717, 1.165) is 38.6 Å². The third-order valence-electron chi connectivity index (χ3n) is 9.63. The number of piperazine rings is 1. The van der Waals surface area contributed by atoms with Gasteiger partial charge in [0.1, 0.15) is 35.2 Å². The molecule has 2 aromatic carbocycles. The molecule has 3 fully saturated rings. The number of benzene rings is 2. The molecule has 0 unspecified atom stereocenters. The van der Waals surface area contributed by atoms with Crippen molar-refractivity contribution in [3.8, 4) is 35.4 Å². The number of piperidine rings is 1. The lowest BCUT2D eigenvalue weighted by Gasteiger charge is -2.41. The molecule has 11 heteroatoms. The van der Waals surface area contributed by atoms with E-state index in [4.69, 9.17) is 16.1 Å². The fourth-order valence-corrected chi connectivity index (χ4v) is 7.33. The minimum absolute atomic E-state index is 0.0194. The van der Waals surface area contributed by atoms with Gasteiger partial charge in [-0.05, 0) is 68.9 Å². The standard InChI is InChI=1S/C35H34F2N6O3/c1-4-25-28(36)12-9-20-14-24(44)15-26(30(20)25)32-31(37)33-27(16-38-32)34(40-35(39-33)46-19-23-8-6-7-13-41(23)3)42-17-21-10-11-22(18-42)43(21)29(45)5-2/h1,5,9,12,14-16,21-23,44H,2,6-8,10-11,13,17-19H2,3H3/t21-,22+,23-/m1/s1. The summed E-state index contributed by atoms with van der Waals surface area (Å²) in [5, 5.41) is 11.6. The quantitative estimate of drug-likeness (QED) is 0.236. The Labute approximate surface area is 265 Å². The average molecular weight is 625 g/mol. The van der Waals surface area contributed by atoms with Crippen LogP contribution in [0.1, 0.15) is 37.7 Å². The van der Waals surface area contributed by atoms with Crippen molar-refractivity contribution < 1.29 is 23.4 Å². The molecule has 5 heterocycles. The van der Waals surface area contributed by atoms with Crippen LogP contribution in [0.15, 0.2) is 43.1 Å². The van der Waals surface area contributed by atoms with Crippen LogP contribution in [-0.2, 0) is 4.79 Å². The Hall–Kier alpha value is -4.82. The van der Waals surface area contributed by atoms with Crippen LogP contribution in [-0.4, -0.2) is 87.2 Å². The molecule has 4 aromatic rings. The van der Waals surface area contributed by atoms with E-state index in [1.165, 1.54) is 36.5 Å². The Bertz CT molecular complexity index is 1910. The van der Waals surface area contributed by atoms with Gasteiger partial charge < -0.3 is 24.5 Å². The number of amides is 1. The zero-order valence-electron chi connectivity index (χ0n) is 25.5. The van der Waals surface area contributed by atoms with Crippen molar-refractivity contribution in [1.29, 1.82) is 0 Å². The molecular weight excluding hydrogens is 590 g/mol. The lowest BCUT2D eigenvalue weighted by molar-refractivity contribution is -0.129. The summed E-state index contributed by atoms with van der Waals surface area (Å²) in [6.45, 7) is 5.97. The molecule has 1 amide bonds. The van der Waals surface area contributed by atoms with Gasteiger partial charge in [-0.1, -0.05) is 25.0 Å². The molecule has 2 bridgehead atoms. The van der Waals surface area contributed by atoms with E-state index >= 15 is 4.39 Å². The van der Waals surface area contributed by atoms with Crippen LogP contribution >= 0.6 is 0 Å². The van der Waals surface area contributed by atoms with E-state index in [0.29, 0.717) is 36.3 Å². The van der Waals surface area contributed by atoms with Crippen molar-refractivity contribution in [2.75, 3.05) is 38.2 Å². The van der Waals surface area contributed by atoms with Crippen LogP contribution < -0.4 is 9.64 Å². The fraction of sp³-hybridized carbons (Fsp3) is 0.371. The Morgan fingerprint density at radius 1 is 1.17 bits per heavy atom. The smallest absolute Gasteiger partial charge is 0.319 e. The monoisotopic (exact) mass is 624 g/mol. The highest BCUT2D eigenvalue weighted by Gasteiger charge is 2.42. The molecule has 3 saturated heterocycles. The van der Waals surface area contributed by atoms with E-state index in [9.17, 15) is 14.3 Å². The number of nitrogens with zero attached hydrogens (tertiary/aromatic N) is 6. The number of rotatable bonds is 6. The first-order chi connectivity index (χ1) is 22.3. The summed E-state index contributed by atoms with van der Waals surface area (Å²) in [5.41, 5.74) is -0.0724. The molecular formula is C35H34F2N6O3. The molecule has 1 N–H and O–H groups in total. The zero-order chi connectivity index (χ0) is 32.1. The molecule has 0 saturated carbocycles. The highest BCUT2D eigenvalue weighted by atomic mass is 19.1. The Morgan fingerprint density at radius 2 is 1.96 bits per heavy atom. The summed E-state index contributed by atoms with van der Waals surface area (Å²) in [7, 11) is 2.06. The second-order valence-electron chi connectivity index (χ2n) is 12.4. The van der Waals surface area contributed by atoms with Crippen molar-refractivity contribution in [1.82, 2.24) is 24.8 Å². The molecule has 236 valence electrons. The lowest BCUT2D eigenvalue weighted by atomic mass is 9.96. The number of phenols is 1. The second kappa shape index (κ2) is 11.8. The lowest BCUT2D eigenvalue weighted by Crippen LogP contribution is -2.55. The third-order valence-corrected chi connectivity index (χ3v) is 9.63. The van der Waals surface area contributed by atoms with E-state index in [1.54, 1.807) is 0 Å². The number of anilines is 1. The number of carbonyl (C=O) groups excluding carboxylic acids is 1. The first-order valence-electron chi connectivity index (χ1n) is 15.6. The van der Waals surface area contributed by atoms with Gasteiger partial charge in [0.2, 0.25) is 5.91 Å². The molecule has 46 heavy (non-hydrogen) atoms. The van der Waals surface area contributed by atoms with Gasteiger partial charge in [0.05, 0.1) is 10.9 Å². The van der Waals surface area contributed by atoms with Crippen molar-refractivity contribution >= 4 is 33.4 Å². The Morgan fingerprint density at radius 3 is 2.67 bits per heavy atom. The number of fused-ring (bicyclic) bond motifs is 4. The molecule has 0 radical (unpaired) electrons. The number of carbonyl (C=O) groups is 1. The van der Waals surface area contributed by atoms with Gasteiger partial charge in [-0.25, -0.2) is 8.78 Å². The molecule has 0 spiro atoms. The number of aromatic nitrogens is 3. The number of aromatic hydroxyl groups is 1. The first-order valence-corrected chi connectivity index (χ1v) is 15.6. The van der Waals surface area contributed by atoms with E-state index in [2.05, 4.69) is 39.3 Å². The highest BCUT2D eigenvalue weighted by molar-refractivity contribution is 6.03. The predicted octanol–water partition coefficient (Wildman–Crippen LogP) is 5.04. The number of phenolic OH excluding ortho intramolecular Hbond substituents is 1. The fourth-order valence-electron chi connectivity index (χ4n) is 7.33. The third kappa shape index (κ3) is 5.07. The summed E-state index contributed by atoms with van der Waals surface area (Å²) in [6.07, 6.45) is 13.4. The summed E-state index contributed by atoms with van der Waals surface area (Å²) in [5.74, 6) is 1.18. The van der Waals surface area contributed by atoms with E-state index < -0.39 is 11.6 Å². The maximum atomic E-state index is 16.8. The van der Waals surface area contributed by atoms with E-state index in [1.807, 2.05) is 4.90 Å². The van der Waals surface area contributed by atoms with Gasteiger partial charge >= 0.3 is 6.01 Å². The van der Waals surface area contributed by atoms with Crippen molar-refractivity contribution in [2.24, 2.45) is 0 Å². The number of hydrogen-bond acceptors (Lipinski definition) is 8. The maximum absolute atomic E-state index is 16.8. The minimum Gasteiger partial charge on any atom is -0.508 e. The molecule has 0 aliphatic carbocycles. The van der Waals surface area contributed by atoms with Gasteiger partial charge in [-0.15, -0.1) is 6.42 Å². The van der Waals surface area contributed by atoms with Gasteiger partial charge in [-0.3, -0.25) is 9.78 Å². The van der Waals surface area contributed by atoms with Crippen molar-refractivity contribution in [3.05, 3.63) is 60.3 Å². The molecule has 3 aliphatic heterocycles. The summed E-state index contributed by atoms with van der Waals surface area (Å²) < 4.78 is 37.8. The molecule has 3 atom stereocenters. The zero-order valence-corrected chi connectivity index (χ0v) is 25.5. The SMILES string of the molecule is C#Cc1c(F)ccc2cc(O)cc(-c3ncc4c(N5C[C@H]6CC[C@@H](C5)N6C(=O)C=C)nc(OC[C@H]5CCCCN5C)nc4c3F)c12. The van der Waals surface area contributed by atoms with Crippen molar-refractivity contribution in [2.45, 2.75) is 50.2 Å². The van der Waals surface area contributed by atoms with Gasteiger partial charge in [-0.2, -0.15) is 9.97 Å². The van der Waals surface area contributed by atoms with E-state index in [-0.39, 0.29) is 63.5 Å². The number of hydrogen-bond donors (Lipinski definition) is 1. The summed E-state index contributed by atoms with van der Waals surface area (Å²) >= 11 is 0. The number of halogens is 2. The largest absolute Gasteiger partial charge is 0.508 e. The normalized spacial score (nSPS) is 21.5. The number of likely N-dealkylation sites (tertiary alicyclic amines) is 1. The minimum atomic E-state index is -0.775. The first kappa shape index (κ1) is 29.9. The number of pyridine rings is 1. The molecule has 7 rings (SSSR count). The summed E-state index contributed by atoms with van der Waals surface area (Å²) in [6, 6.07) is 5.59. The molecule has 3 aliphatic rings. The number of ether oxygens (including phenoxy) is 1. The predicted molar refractivity (Wildman–Crippen MR) is 172 cm³/mol. The Kier molecular flexibility index (Phi) is 7.69. The van der Waals surface area contributed by atoms with Crippen molar-refractivity contribution in [3.63, 3.8) is 0 Å². The maximum Gasteiger partial charge on any atom is 0.319 e. The topological polar surface area (TPSA) is 94.9 Å². The van der Waals surface area contributed by atoms with Gasteiger partial charge in [0.25, 0.3) is 0 Å². The van der Waals surface area contributed by atoms with Crippen LogP contribution in [0.3, 0.4) is 0 Å². The van der Waals surface area contributed by atoms with Crippen LogP contribution in [0.25, 0.3) is 32.9 Å². The van der Waals surface area contributed by atoms with Crippen LogP contribution in [0.5, 0.6) is 11.8 Å². The number of terminal acetylenes is 1. The second-order valence-corrected chi connectivity index (χ2v) is 12.4. The average Bonchev–Trinajstić information content (AvgIpc) is 3.32.